The average Bonchev–Trinajstić information content (AvgIpc) is 2.43. The summed E-state index contributed by atoms with van der Waals surface area (Å²) < 4.78 is 2.26. The van der Waals surface area contributed by atoms with Gasteiger partial charge in [0.05, 0.1) is 9.26 Å². The summed E-state index contributed by atoms with van der Waals surface area (Å²) in [5, 5.41) is 13.2. The van der Waals surface area contributed by atoms with Gasteiger partial charge in [-0.15, -0.1) is 0 Å². The Labute approximate surface area is 99.3 Å². The van der Waals surface area contributed by atoms with E-state index < -0.39 is 5.97 Å². The lowest BCUT2D eigenvalue weighted by Gasteiger charge is -2.00. The van der Waals surface area contributed by atoms with Crippen LogP contribution < -0.4 is 0 Å². The molecule has 2 aromatic rings. The Morgan fingerprint density at radius 2 is 2.20 bits per heavy atom. The molecule has 0 atom stereocenters. The molecule has 6 heteroatoms. The summed E-state index contributed by atoms with van der Waals surface area (Å²) >= 11 is 2.12. The van der Waals surface area contributed by atoms with Crippen molar-refractivity contribution in [2.24, 2.45) is 0 Å². The van der Waals surface area contributed by atoms with Crippen molar-refractivity contribution < 1.29 is 9.90 Å². The molecule has 0 amide bonds. The molecule has 0 aliphatic rings. The van der Waals surface area contributed by atoms with Crippen LogP contribution in [0.2, 0.25) is 0 Å². The fraction of sp³-hybridized carbons (Fsp3) is 0.222. The summed E-state index contributed by atoms with van der Waals surface area (Å²) in [4.78, 5) is 15.3. The van der Waals surface area contributed by atoms with Gasteiger partial charge in [0, 0.05) is 5.69 Å². The number of carboxylic acid groups (broad SMARTS) is 1. The zero-order chi connectivity index (χ0) is 11.2. The summed E-state index contributed by atoms with van der Waals surface area (Å²) in [5.74, 6) is -0.996. The highest BCUT2D eigenvalue weighted by Crippen LogP contribution is 2.17. The van der Waals surface area contributed by atoms with Crippen molar-refractivity contribution in [1.82, 2.24) is 14.6 Å². The van der Waals surface area contributed by atoms with E-state index in [0.717, 1.165) is 9.26 Å². The van der Waals surface area contributed by atoms with Gasteiger partial charge in [0.15, 0.2) is 11.3 Å². The number of aromatic carboxylic acids is 1. The lowest BCUT2D eigenvalue weighted by atomic mass is 10.3. The van der Waals surface area contributed by atoms with Gasteiger partial charge in [0.1, 0.15) is 0 Å². The molecule has 0 saturated heterocycles. The van der Waals surface area contributed by atoms with E-state index in [2.05, 4.69) is 32.7 Å². The minimum atomic E-state index is -0.996. The summed E-state index contributed by atoms with van der Waals surface area (Å²) in [6.07, 6.45) is 0. The molecule has 5 nitrogen and oxygen atoms in total. The first kappa shape index (κ1) is 10.3. The van der Waals surface area contributed by atoms with Gasteiger partial charge < -0.3 is 5.11 Å². The predicted octanol–water partition coefficient (Wildman–Crippen LogP) is 1.65. The minimum Gasteiger partial charge on any atom is -0.477 e. The Kier molecular flexibility index (Phi) is 2.37. The number of aryl methyl sites for hydroxylation is 2. The summed E-state index contributed by atoms with van der Waals surface area (Å²) in [5.41, 5.74) is 2.21. The van der Waals surface area contributed by atoms with Crippen LogP contribution in [0.5, 0.6) is 0 Å². The van der Waals surface area contributed by atoms with E-state index in [9.17, 15) is 4.79 Å². The molecule has 0 spiro atoms. The van der Waals surface area contributed by atoms with Crippen LogP contribution in [0.1, 0.15) is 21.9 Å². The molecular formula is C9H8IN3O2. The maximum Gasteiger partial charge on any atom is 0.354 e. The first-order valence-electron chi connectivity index (χ1n) is 4.26. The number of halogens is 1. The van der Waals surface area contributed by atoms with Gasteiger partial charge >= 0.3 is 5.97 Å². The Bertz CT molecular complexity index is 562. The third-order valence-corrected chi connectivity index (χ3v) is 3.30. The van der Waals surface area contributed by atoms with Crippen molar-refractivity contribution in [1.29, 1.82) is 0 Å². The van der Waals surface area contributed by atoms with E-state index in [4.69, 9.17) is 5.11 Å². The zero-order valence-electron chi connectivity index (χ0n) is 8.15. The van der Waals surface area contributed by atoms with Gasteiger partial charge in [0.2, 0.25) is 0 Å². The summed E-state index contributed by atoms with van der Waals surface area (Å²) in [6, 6.07) is 1.51. The molecular weight excluding hydrogens is 309 g/mol. The highest BCUT2D eigenvalue weighted by molar-refractivity contribution is 14.1. The number of hydrogen-bond acceptors (Lipinski definition) is 3. The standard InChI is InChI=1S/C9H8IN3O2/c1-4-3-6(9(14)15)13-8(11-4)7(10)5(2)12-13/h3H,1-2H3,(H,14,15). The van der Waals surface area contributed by atoms with Gasteiger partial charge in [-0.05, 0) is 42.5 Å². The van der Waals surface area contributed by atoms with E-state index in [0.29, 0.717) is 11.3 Å². The summed E-state index contributed by atoms with van der Waals surface area (Å²) in [6.45, 7) is 3.60. The number of nitrogens with zero attached hydrogens (tertiary/aromatic N) is 3. The smallest absolute Gasteiger partial charge is 0.354 e. The Balaban J connectivity index is 2.92. The van der Waals surface area contributed by atoms with Crippen molar-refractivity contribution in [3.05, 3.63) is 26.7 Å². The Morgan fingerprint density at radius 3 is 2.80 bits per heavy atom. The fourth-order valence-corrected chi connectivity index (χ4v) is 1.83. The molecule has 1 N–H and O–H groups in total. The molecule has 0 unspecified atom stereocenters. The third kappa shape index (κ3) is 1.58. The maximum absolute atomic E-state index is 11.0. The minimum absolute atomic E-state index is 0.142. The lowest BCUT2D eigenvalue weighted by molar-refractivity contribution is 0.0687. The molecule has 0 fully saturated rings. The van der Waals surface area contributed by atoms with Crippen LogP contribution in [0.3, 0.4) is 0 Å². The van der Waals surface area contributed by atoms with E-state index in [1.165, 1.54) is 10.6 Å². The third-order valence-electron chi connectivity index (χ3n) is 2.04. The second-order valence-electron chi connectivity index (χ2n) is 3.22. The zero-order valence-corrected chi connectivity index (χ0v) is 10.3. The number of hydrogen-bond donors (Lipinski definition) is 1. The van der Waals surface area contributed by atoms with Gasteiger partial charge in [0.25, 0.3) is 0 Å². The van der Waals surface area contributed by atoms with E-state index in [1.54, 1.807) is 6.92 Å². The highest BCUT2D eigenvalue weighted by atomic mass is 127. The Hall–Kier alpha value is -1.18. The second-order valence-corrected chi connectivity index (χ2v) is 4.30. The lowest BCUT2D eigenvalue weighted by Crippen LogP contribution is -2.08. The largest absolute Gasteiger partial charge is 0.477 e. The van der Waals surface area contributed by atoms with Crippen molar-refractivity contribution in [3.8, 4) is 0 Å². The van der Waals surface area contributed by atoms with Crippen molar-refractivity contribution in [3.63, 3.8) is 0 Å². The van der Waals surface area contributed by atoms with Crippen LogP contribution in [0.25, 0.3) is 5.65 Å². The number of aromatic nitrogens is 3. The van der Waals surface area contributed by atoms with Gasteiger partial charge in [-0.25, -0.2) is 14.3 Å². The number of fused-ring (bicyclic) bond motifs is 1. The second kappa shape index (κ2) is 3.44. The quantitative estimate of drug-likeness (QED) is 0.812. The van der Waals surface area contributed by atoms with E-state index in [-0.39, 0.29) is 5.69 Å². The molecule has 78 valence electrons. The van der Waals surface area contributed by atoms with E-state index in [1.807, 2.05) is 6.92 Å². The molecule has 0 aliphatic heterocycles. The first-order chi connectivity index (χ1) is 7.00. The maximum atomic E-state index is 11.0. The van der Waals surface area contributed by atoms with Crippen LogP contribution in [0, 0.1) is 17.4 Å². The van der Waals surface area contributed by atoms with Crippen LogP contribution in [0.15, 0.2) is 6.07 Å². The molecule has 0 aliphatic carbocycles. The van der Waals surface area contributed by atoms with Gasteiger partial charge in [-0.3, -0.25) is 0 Å². The number of carboxylic acids is 1. The molecule has 0 saturated carbocycles. The number of rotatable bonds is 1. The van der Waals surface area contributed by atoms with Crippen molar-refractivity contribution >= 4 is 34.2 Å². The van der Waals surface area contributed by atoms with Crippen LogP contribution >= 0.6 is 22.6 Å². The van der Waals surface area contributed by atoms with Crippen molar-refractivity contribution in [2.45, 2.75) is 13.8 Å². The molecule has 0 aromatic carbocycles. The van der Waals surface area contributed by atoms with Gasteiger partial charge in [-0.2, -0.15) is 5.10 Å². The molecule has 0 bridgehead atoms. The molecule has 2 rings (SSSR count). The highest BCUT2D eigenvalue weighted by Gasteiger charge is 2.15. The predicted molar refractivity (Wildman–Crippen MR) is 62.1 cm³/mol. The fourth-order valence-electron chi connectivity index (χ4n) is 1.37. The van der Waals surface area contributed by atoms with Crippen LogP contribution in [-0.2, 0) is 0 Å². The molecule has 2 aromatic heterocycles. The SMILES string of the molecule is Cc1cc(C(=O)O)n2nc(C)c(I)c2n1. The van der Waals surface area contributed by atoms with Crippen LogP contribution in [0.4, 0.5) is 0 Å². The topological polar surface area (TPSA) is 67.5 Å². The van der Waals surface area contributed by atoms with Crippen LogP contribution in [-0.4, -0.2) is 25.7 Å². The first-order valence-corrected chi connectivity index (χ1v) is 5.34. The van der Waals surface area contributed by atoms with E-state index >= 15 is 0 Å². The molecule has 15 heavy (non-hydrogen) atoms. The normalized spacial score (nSPS) is 10.9. The monoisotopic (exact) mass is 317 g/mol. The molecule has 2 heterocycles. The summed E-state index contributed by atoms with van der Waals surface area (Å²) in [7, 11) is 0. The van der Waals surface area contributed by atoms with Gasteiger partial charge in [-0.1, -0.05) is 0 Å². The number of carbonyl (C=O) groups is 1. The average molecular weight is 317 g/mol. The Morgan fingerprint density at radius 1 is 1.53 bits per heavy atom. The van der Waals surface area contributed by atoms with Crippen molar-refractivity contribution in [2.75, 3.05) is 0 Å². The molecule has 0 radical (unpaired) electrons.